The van der Waals surface area contributed by atoms with Crippen molar-refractivity contribution in [3.8, 4) is 0 Å². The summed E-state index contributed by atoms with van der Waals surface area (Å²) in [6.45, 7) is 4.79. The van der Waals surface area contributed by atoms with E-state index in [2.05, 4.69) is 10.6 Å². The number of nitrogens with one attached hydrogen (secondary N) is 2. The maximum absolute atomic E-state index is 12.1. The van der Waals surface area contributed by atoms with Crippen molar-refractivity contribution in [3.05, 3.63) is 0 Å². The molecule has 0 bridgehead atoms. The third-order valence-electron chi connectivity index (χ3n) is 3.41. The molecule has 0 aromatic rings. The van der Waals surface area contributed by atoms with Gasteiger partial charge in [-0.15, -0.1) is 0 Å². The predicted molar refractivity (Wildman–Crippen MR) is 77.8 cm³/mol. The normalized spacial score (nSPS) is 19.0. The fraction of sp³-hybridized carbons (Fsp3) is 0.786. The van der Waals surface area contributed by atoms with Crippen molar-refractivity contribution in [2.75, 3.05) is 19.6 Å². The summed E-state index contributed by atoms with van der Waals surface area (Å²) in [6, 6.07) is -1.28. The molecule has 21 heavy (non-hydrogen) atoms. The van der Waals surface area contributed by atoms with Gasteiger partial charge in [-0.25, -0.2) is 9.59 Å². The number of carbonyl (C=O) groups is 3. The summed E-state index contributed by atoms with van der Waals surface area (Å²) < 4.78 is 0. The van der Waals surface area contributed by atoms with E-state index in [1.54, 1.807) is 0 Å². The van der Waals surface area contributed by atoms with Crippen LogP contribution < -0.4 is 10.6 Å². The van der Waals surface area contributed by atoms with Gasteiger partial charge >= 0.3 is 12.0 Å². The maximum atomic E-state index is 12.1. The molecule has 1 aliphatic heterocycles. The van der Waals surface area contributed by atoms with Crippen molar-refractivity contribution in [1.29, 1.82) is 0 Å². The number of carboxylic acid groups (broad SMARTS) is 1. The van der Waals surface area contributed by atoms with E-state index in [0.717, 1.165) is 19.3 Å². The molecule has 3 amide bonds. The second-order valence-corrected chi connectivity index (χ2v) is 5.75. The molecule has 0 spiro atoms. The van der Waals surface area contributed by atoms with Gasteiger partial charge in [0.25, 0.3) is 0 Å². The van der Waals surface area contributed by atoms with Crippen LogP contribution >= 0.6 is 0 Å². The molecule has 1 unspecified atom stereocenters. The van der Waals surface area contributed by atoms with Crippen molar-refractivity contribution in [2.45, 2.75) is 45.6 Å². The lowest BCUT2D eigenvalue weighted by molar-refractivity contribution is -0.142. The molecule has 120 valence electrons. The third-order valence-corrected chi connectivity index (χ3v) is 3.41. The lowest BCUT2D eigenvalue weighted by Gasteiger charge is -2.27. The highest BCUT2D eigenvalue weighted by Gasteiger charge is 2.30. The van der Waals surface area contributed by atoms with E-state index in [-0.39, 0.29) is 12.5 Å². The van der Waals surface area contributed by atoms with Crippen molar-refractivity contribution in [1.82, 2.24) is 15.5 Å². The average Bonchev–Trinajstić information content (AvgIpc) is 2.68. The number of nitrogens with zero attached hydrogens (tertiary/aromatic N) is 1. The first-order valence-corrected chi connectivity index (χ1v) is 7.45. The first-order valence-electron chi connectivity index (χ1n) is 7.45. The Balaban J connectivity index is 2.48. The Morgan fingerprint density at radius 2 is 1.90 bits per heavy atom. The Morgan fingerprint density at radius 1 is 1.19 bits per heavy atom. The zero-order valence-corrected chi connectivity index (χ0v) is 12.7. The third kappa shape index (κ3) is 6.01. The molecular weight excluding hydrogens is 274 g/mol. The van der Waals surface area contributed by atoms with Crippen LogP contribution in [-0.4, -0.2) is 53.6 Å². The second kappa shape index (κ2) is 8.49. The molecule has 0 aliphatic carbocycles. The minimum absolute atomic E-state index is 0.131. The molecule has 1 fully saturated rings. The summed E-state index contributed by atoms with van der Waals surface area (Å²) in [5, 5.41) is 14.4. The predicted octanol–water partition coefficient (Wildman–Crippen LogP) is 0.797. The molecule has 0 aromatic carbocycles. The van der Waals surface area contributed by atoms with E-state index < -0.39 is 18.0 Å². The quantitative estimate of drug-likeness (QED) is 0.699. The lowest BCUT2D eigenvalue weighted by atomic mass is 10.1. The minimum Gasteiger partial charge on any atom is -0.480 e. The van der Waals surface area contributed by atoms with Gasteiger partial charge in [-0.1, -0.05) is 26.7 Å². The summed E-state index contributed by atoms with van der Waals surface area (Å²) >= 11 is 0. The monoisotopic (exact) mass is 299 g/mol. The molecule has 0 radical (unpaired) electrons. The number of rotatable bonds is 5. The fourth-order valence-electron chi connectivity index (χ4n) is 2.25. The summed E-state index contributed by atoms with van der Waals surface area (Å²) in [4.78, 5) is 36.2. The first kappa shape index (κ1) is 17.3. The first-order chi connectivity index (χ1) is 9.91. The Morgan fingerprint density at radius 3 is 2.52 bits per heavy atom. The van der Waals surface area contributed by atoms with Crippen LogP contribution in [0.15, 0.2) is 0 Å². The fourth-order valence-corrected chi connectivity index (χ4v) is 2.25. The highest BCUT2D eigenvalue weighted by Crippen LogP contribution is 2.17. The molecule has 7 nitrogen and oxygen atoms in total. The van der Waals surface area contributed by atoms with Gasteiger partial charge in [0.15, 0.2) is 0 Å². The van der Waals surface area contributed by atoms with E-state index >= 15 is 0 Å². The topological polar surface area (TPSA) is 98.7 Å². The van der Waals surface area contributed by atoms with Crippen molar-refractivity contribution in [3.63, 3.8) is 0 Å². The Bertz CT molecular complexity index is 384. The van der Waals surface area contributed by atoms with Gasteiger partial charge in [0, 0.05) is 13.1 Å². The molecule has 0 aromatic heterocycles. The Hall–Kier alpha value is -1.79. The summed E-state index contributed by atoms with van der Waals surface area (Å²) in [6.07, 6.45) is 2.97. The SMILES string of the molecule is CC(C)CNC(=O)CNC(=O)N1CCCCCC1C(=O)O. The standard InChI is InChI=1S/C14H25N3O4/c1-10(2)8-15-12(18)9-16-14(21)17-7-5-3-4-6-11(17)13(19)20/h10-11H,3-9H2,1-2H3,(H,15,18)(H,16,21)(H,19,20). The molecule has 1 aliphatic rings. The van der Waals surface area contributed by atoms with Crippen molar-refractivity contribution in [2.24, 2.45) is 5.92 Å². The number of carbonyl (C=O) groups excluding carboxylic acids is 2. The van der Waals surface area contributed by atoms with Crippen LogP contribution in [0.2, 0.25) is 0 Å². The van der Waals surface area contributed by atoms with E-state index in [1.165, 1.54) is 4.90 Å². The van der Waals surface area contributed by atoms with Crippen LogP contribution in [0, 0.1) is 5.92 Å². The van der Waals surface area contributed by atoms with Crippen LogP contribution in [0.4, 0.5) is 4.79 Å². The van der Waals surface area contributed by atoms with Gasteiger partial charge in [-0.3, -0.25) is 4.79 Å². The molecule has 7 heteroatoms. The van der Waals surface area contributed by atoms with Gasteiger partial charge in [0.1, 0.15) is 6.04 Å². The van der Waals surface area contributed by atoms with E-state index in [4.69, 9.17) is 0 Å². The van der Waals surface area contributed by atoms with E-state index in [1.807, 2.05) is 13.8 Å². The van der Waals surface area contributed by atoms with E-state index in [9.17, 15) is 19.5 Å². The lowest BCUT2D eigenvalue weighted by Crippen LogP contribution is -2.51. The largest absolute Gasteiger partial charge is 0.480 e. The van der Waals surface area contributed by atoms with Crippen LogP contribution in [0.3, 0.4) is 0 Å². The number of hydrogen-bond acceptors (Lipinski definition) is 3. The van der Waals surface area contributed by atoms with Gasteiger partial charge in [-0.05, 0) is 18.8 Å². The van der Waals surface area contributed by atoms with Gasteiger partial charge in [0.05, 0.1) is 6.54 Å². The number of hydrogen-bond donors (Lipinski definition) is 3. The van der Waals surface area contributed by atoms with E-state index in [0.29, 0.717) is 25.4 Å². The number of amides is 3. The van der Waals surface area contributed by atoms with Crippen LogP contribution in [0.5, 0.6) is 0 Å². The Kier molecular flexibility index (Phi) is 6.98. The highest BCUT2D eigenvalue weighted by atomic mass is 16.4. The summed E-state index contributed by atoms with van der Waals surface area (Å²) in [5.41, 5.74) is 0. The maximum Gasteiger partial charge on any atom is 0.326 e. The zero-order valence-electron chi connectivity index (χ0n) is 12.7. The number of likely N-dealkylation sites (tertiary alicyclic amines) is 1. The highest BCUT2D eigenvalue weighted by molar-refractivity contribution is 5.86. The summed E-state index contributed by atoms with van der Waals surface area (Å²) in [7, 11) is 0. The molecule has 1 saturated heterocycles. The van der Waals surface area contributed by atoms with Crippen LogP contribution in [-0.2, 0) is 9.59 Å². The minimum atomic E-state index is -0.990. The smallest absolute Gasteiger partial charge is 0.326 e. The molecule has 1 atom stereocenters. The molecule has 1 heterocycles. The Labute approximate surface area is 125 Å². The van der Waals surface area contributed by atoms with Gasteiger partial charge in [-0.2, -0.15) is 0 Å². The zero-order chi connectivity index (χ0) is 15.8. The van der Waals surface area contributed by atoms with Gasteiger partial charge in [0.2, 0.25) is 5.91 Å². The number of urea groups is 1. The van der Waals surface area contributed by atoms with Crippen molar-refractivity contribution < 1.29 is 19.5 Å². The molecule has 1 rings (SSSR count). The number of carboxylic acids is 1. The van der Waals surface area contributed by atoms with Crippen molar-refractivity contribution >= 4 is 17.9 Å². The second-order valence-electron chi connectivity index (χ2n) is 5.75. The molecule has 0 saturated carbocycles. The summed E-state index contributed by atoms with van der Waals surface area (Å²) in [5.74, 6) is -0.915. The van der Waals surface area contributed by atoms with Crippen LogP contribution in [0.25, 0.3) is 0 Å². The molecule has 3 N–H and O–H groups in total. The average molecular weight is 299 g/mol. The number of aliphatic carboxylic acids is 1. The molecular formula is C14H25N3O4. The van der Waals surface area contributed by atoms with Crippen LogP contribution in [0.1, 0.15) is 39.5 Å². The van der Waals surface area contributed by atoms with Gasteiger partial charge < -0.3 is 20.6 Å².